The number of hydrogen-bond acceptors (Lipinski definition) is 3. The summed E-state index contributed by atoms with van der Waals surface area (Å²) in [5.41, 5.74) is -1.19. The van der Waals surface area contributed by atoms with Gasteiger partial charge in [-0.15, -0.1) is 0 Å². The van der Waals surface area contributed by atoms with Crippen molar-refractivity contribution in [2.45, 2.75) is 39.7 Å². The van der Waals surface area contributed by atoms with Crippen LogP contribution in [0.15, 0.2) is 0 Å². The molecule has 0 unspecified atom stereocenters. The van der Waals surface area contributed by atoms with Gasteiger partial charge in [0.25, 0.3) is 0 Å². The van der Waals surface area contributed by atoms with Gasteiger partial charge in [0.05, 0.1) is 0 Å². The summed E-state index contributed by atoms with van der Waals surface area (Å²) in [5.74, 6) is -0.418. The van der Waals surface area contributed by atoms with Gasteiger partial charge in [-0.05, 0) is 27.2 Å². The van der Waals surface area contributed by atoms with Crippen molar-refractivity contribution in [2.75, 3.05) is 6.61 Å². The number of carbonyl (C=O) groups is 2. The van der Waals surface area contributed by atoms with Crippen molar-refractivity contribution in [3.63, 3.8) is 0 Å². The molecule has 0 aromatic carbocycles. The number of Topliss-reactive ketones (excluding diaryl/α,β-unsaturated/α-hetero) is 2. The SMILES string of the molecule is CCOC(CC)(C(C)=O)C(C)=O. The molecule has 0 saturated heterocycles. The Balaban J connectivity index is 4.76. The van der Waals surface area contributed by atoms with Gasteiger partial charge >= 0.3 is 0 Å². The van der Waals surface area contributed by atoms with Crippen LogP contribution in [0, 0.1) is 0 Å². The minimum atomic E-state index is -1.19. The Morgan fingerprint density at radius 3 is 1.67 bits per heavy atom. The normalized spacial score (nSPS) is 11.3. The van der Waals surface area contributed by atoms with Gasteiger partial charge in [-0.3, -0.25) is 9.59 Å². The Morgan fingerprint density at radius 2 is 1.58 bits per heavy atom. The lowest BCUT2D eigenvalue weighted by atomic mass is 9.91. The van der Waals surface area contributed by atoms with Crippen LogP contribution in [0.5, 0.6) is 0 Å². The highest BCUT2D eigenvalue weighted by molar-refractivity contribution is 6.08. The standard InChI is InChI=1S/C9H16O3/c1-5-9(7(3)10,8(4)11)12-6-2/h5-6H2,1-4H3. The first-order valence-corrected chi connectivity index (χ1v) is 4.17. The van der Waals surface area contributed by atoms with Gasteiger partial charge in [-0.25, -0.2) is 0 Å². The molecule has 0 amide bonds. The Hall–Kier alpha value is -0.700. The van der Waals surface area contributed by atoms with Crippen molar-refractivity contribution in [3.8, 4) is 0 Å². The predicted molar refractivity (Wildman–Crippen MR) is 46.0 cm³/mol. The third-order valence-electron chi connectivity index (χ3n) is 2.03. The van der Waals surface area contributed by atoms with Crippen molar-refractivity contribution in [1.82, 2.24) is 0 Å². The van der Waals surface area contributed by atoms with E-state index in [0.29, 0.717) is 13.0 Å². The molecule has 0 heterocycles. The molecule has 70 valence electrons. The summed E-state index contributed by atoms with van der Waals surface area (Å²) in [6, 6.07) is 0. The first kappa shape index (κ1) is 11.3. The number of ketones is 2. The summed E-state index contributed by atoms with van der Waals surface area (Å²) in [4.78, 5) is 22.4. The van der Waals surface area contributed by atoms with E-state index in [1.165, 1.54) is 13.8 Å². The zero-order chi connectivity index (χ0) is 9.78. The van der Waals surface area contributed by atoms with E-state index >= 15 is 0 Å². The topological polar surface area (TPSA) is 43.4 Å². The molecule has 0 radical (unpaired) electrons. The van der Waals surface area contributed by atoms with Gasteiger partial charge in [0, 0.05) is 6.61 Å². The van der Waals surface area contributed by atoms with Gasteiger partial charge in [0.2, 0.25) is 0 Å². The number of carbonyl (C=O) groups excluding carboxylic acids is 2. The van der Waals surface area contributed by atoms with Crippen LogP contribution >= 0.6 is 0 Å². The van der Waals surface area contributed by atoms with Crippen molar-refractivity contribution in [1.29, 1.82) is 0 Å². The molecule has 0 bridgehead atoms. The van der Waals surface area contributed by atoms with E-state index in [1.807, 2.05) is 0 Å². The zero-order valence-corrected chi connectivity index (χ0v) is 8.14. The third-order valence-corrected chi connectivity index (χ3v) is 2.03. The highest BCUT2D eigenvalue weighted by Crippen LogP contribution is 2.18. The Bertz CT molecular complexity index is 170. The molecule has 0 aliphatic rings. The summed E-state index contributed by atoms with van der Waals surface area (Å²) in [6.45, 7) is 6.71. The van der Waals surface area contributed by atoms with E-state index in [1.54, 1.807) is 13.8 Å². The average molecular weight is 172 g/mol. The van der Waals surface area contributed by atoms with Crippen LogP contribution in [0.25, 0.3) is 0 Å². The highest BCUT2D eigenvalue weighted by Gasteiger charge is 2.39. The lowest BCUT2D eigenvalue weighted by Crippen LogP contribution is -2.46. The van der Waals surface area contributed by atoms with Crippen LogP contribution in [0.3, 0.4) is 0 Å². The Morgan fingerprint density at radius 1 is 1.17 bits per heavy atom. The summed E-state index contributed by atoms with van der Waals surface area (Å²) in [6.07, 6.45) is 0.408. The molecule has 3 heteroatoms. The second kappa shape index (κ2) is 4.36. The molecular weight excluding hydrogens is 156 g/mol. The van der Waals surface area contributed by atoms with Gasteiger partial charge in [-0.2, -0.15) is 0 Å². The fraction of sp³-hybridized carbons (Fsp3) is 0.778. The first-order valence-electron chi connectivity index (χ1n) is 4.17. The summed E-state index contributed by atoms with van der Waals surface area (Å²) in [5, 5.41) is 0. The fourth-order valence-corrected chi connectivity index (χ4v) is 1.30. The van der Waals surface area contributed by atoms with Crippen molar-refractivity contribution in [2.24, 2.45) is 0 Å². The van der Waals surface area contributed by atoms with E-state index in [4.69, 9.17) is 4.74 Å². The zero-order valence-electron chi connectivity index (χ0n) is 8.14. The maximum atomic E-state index is 11.2. The highest BCUT2D eigenvalue weighted by atomic mass is 16.5. The van der Waals surface area contributed by atoms with E-state index < -0.39 is 5.60 Å². The molecule has 0 aromatic heterocycles. The van der Waals surface area contributed by atoms with E-state index in [0.717, 1.165) is 0 Å². The molecule has 0 saturated carbocycles. The van der Waals surface area contributed by atoms with E-state index in [2.05, 4.69) is 0 Å². The molecule has 0 rings (SSSR count). The van der Waals surface area contributed by atoms with Crippen LogP contribution in [0.1, 0.15) is 34.1 Å². The molecule has 0 N–H and O–H groups in total. The Kier molecular flexibility index (Phi) is 4.10. The van der Waals surface area contributed by atoms with Crippen molar-refractivity contribution in [3.05, 3.63) is 0 Å². The molecule has 0 fully saturated rings. The molecule has 0 atom stereocenters. The fourth-order valence-electron chi connectivity index (χ4n) is 1.30. The molecular formula is C9H16O3. The van der Waals surface area contributed by atoms with Crippen LogP contribution in [0.2, 0.25) is 0 Å². The summed E-state index contributed by atoms with van der Waals surface area (Å²) in [7, 11) is 0. The van der Waals surface area contributed by atoms with Gasteiger partial charge < -0.3 is 4.74 Å². The second-order valence-electron chi connectivity index (χ2n) is 2.73. The molecule has 3 nitrogen and oxygen atoms in total. The first-order chi connectivity index (χ1) is 5.51. The number of rotatable bonds is 5. The molecule has 0 aliphatic carbocycles. The van der Waals surface area contributed by atoms with Crippen LogP contribution in [-0.4, -0.2) is 23.8 Å². The van der Waals surface area contributed by atoms with E-state index in [-0.39, 0.29) is 11.6 Å². The quantitative estimate of drug-likeness (QED) is 0.588. The number of hydrogen-bond donors (Lipinski definition) is 0. The molecule has 0 aliphatic heterocycles. The second-order valence-corrected chi connectivity index (χ2v) is 2.73. The summed E-state index contributed by atoms with van der Waals surface area (Å²) >= 11 is 0. The number of ether oxygens (including phenoxy) is 1. The van der Waals surface area contributed by atoms with Crippen molar-refractivity contribution < 1.29 is 14.3 Å². The molecule has 0 spiro atoms. The predicted octanol–water partition coefficient (Wildman–Crippen LogP) is 1.35. The smallest absolute Gasteiger partial charge is 0.183 e. The van der Waals surface area contributed by atoms with Gasteiger partial charge in [0.1, 0.15) is 0 Å². The van der Waals surface area contributed by atoms with Crippen LogP contribution < -0.4 is 0 Å². The average Bonchev–Trinajstić information content (AvgIpc) is 1.98. The Labute approximate surface area is 73.1 Å². The third kappa shape index (κ3) is 1.91. The maximum absolute atomic E-state index is 11.2. The maximum Gasteiger partial charge on any atom is 0.183 e. The van der Waals surface area contributed by atoms with Crippen molar-refractivity contribution >= 4 is 11.6 Å². The minimum absolute atomic E-state index is 0.209. The van der Waals surface area contributed by atoms with E-state index in [9.17, 15) is 9.59 Å². The van der Waals surface area contributed by atoms with Gasteiger partial charge in [-0.1, -0.05) is 6.92 Å². The van der Waals surface area contributed by atoms with Crippen LogP contribution in [0.4, 0.5) is 0 Å². The lowest BCUT2D eigenvalue weighted by molar-refractivity contribution is -0.155. The lowest BCUT2D eigenvalue weighted by Gasteiger charge is -2.26. The monoisotopic (exact) mass is 172 g/mol. The van der Waals surface area contributed by atoms with Gasteiger partial charge in [0.15, 0.2) is 17.2 Å². The van der Waals surface area contributed by atoms with Crippen LogP contribution in [-0.2, 0) is 14.3 Å². The summed E-state index contributed by atoms with van der Waals surface area (Å²) < 4.78 is 5.20. The molecule has 12 heavy (non-hydrogen) atoms. The molecule has 0 aromatic rings. The largest absolute Gasteiger partial charge is 0.360 e. The minimum Gasteiger partial charge on any atom is -0.360 e.